The minimum atomic E-state index is 0.517. The molecular weight excluding hydrogens is 194 g/mol. The van der Waals surface area contributed by atoms with Gasteiger partial charge in [-0.05, 0) is 18.3 Å². The number of benzene rings is 1. The summed E-state index contributed by atoms with van der Waals surface area (Å²) in [5.74, 6) is 0. The fourth-order valence-electron chi connectivity index (χ4n) is 1.04. The molecule has 0 aliphatic heterocycles. The molecule has 0 atom stereocenters. The van der Waals surface area contributed by atoms with Crippen LogP contribution in [0.4, 0.5) is 5.69 Å². The van der Waals surface area contributed by atoms with Crippen LogP contribution in [0.15, 0.2) is 41.9 Å². The van der Waals surface area contributed by atoms with E-state index in [0.717, 1.165) is 11.3 Å². The van der Waals surface area contributed by atoms with E-state index in [1.807, 2.05) is 24.3 Å². The van der Waals surface area contributed by atoms with Crippen LogP contribution in [0.3, 0.4) is 0 Å². The first-order valence-corrected chi connectivity index (χ1v) is 4.63. The third kappa shape index (κ3) is 3.23. The van der Waals surface area contributed by atoms with Gasteiger partial charge in [-0.1, -0.05) is 24.3 Å². The largest absolute Gasteiger partial charge is 0.373 e. The molecule has 0 aliphatic carbocycles. The van der Waals surface area contributed by atoms with E-state index in [9.17, 15) is 0 Å². The van der Waals surface area contributed by atoms with E-state index in [1.165, 1.54) is 0 Å². The molecule has 0 spiro atoms. The number of hydrogen-bond acceptors (Lipinski definition) is 3. The standard InChI is InChI=1S/C11H11NOS/c1-2-7-13-8-10-5-3-4-6-11(10)12-9-14/h2-6H,1,7-8H2. The van der Waals surface area contributed by atoms with Gasteiger partial charge in [0.05, 0.1) is 24.1 Å². The fourth-order valence-corrected chi connectivity index (χ4v) is 1.14. The summed E-state index contributed by atoms with van der Waals surface area (Å²) in [5, 5.41) is 2.35. The lowest BCUT2D eigenvalue weighted by atomic mass is 10.2. The van der Waals surface area contributed by atoms with E-state index in [0.29, 0.717) is 13.2 Å². The molecule has 0 bridgehead atoms. The maximum atomic E-state index is 5.32. The van der Waals surface area contributed by atoms with E-state index in [4.69, 9.17) is 4.74 Å². The van der Waals surface area contributed by atoms with Crippen molar-refractivity contribution in [1.82, 2.24) is 0 Å². The van der Waals surface area contributed by atoms with Crippen LogP contribution < -0.4 is 0 Å². The quantitative estimate of drug-likeness (QED) is 0.319. The molecule has 0 aromatic heterocycles. The number of para-hydroxylation sites is 1. The van der Waals surface area contributed by atoms with Crippen molar-refractivity contribution in [3.8, 4) is 0 Å². The molecular formula is C11H11NOS. The molecule has 0 aliphatic rings. The van der Waals surface area contributed by atoms with Crippen molar-refractivity contribution in [3.05, 3.63) is 42.5 Å². The minimum absolute atomic E-state index is 0.517. The monoisotopic (exact) mass is 205 g/mol. The number of thiocarbonyl (C=S) groups is 1. The van der Waals surface area contributed by atoms with Crippen LogP contribution in [0.1, 0.15) is 5.56 Å². The molecule has 0 saturated heterocycles. The summed E-state index contributed by atoms with van der Waals surface area (Å²) >= 11 is 4.56. The Bertz CT molecular complexity index is 356. The molecule has 0 heterocycles. The van der Waals surface area contributed by atoms with Crippen LogP contribution in [0.25, 0.3) is 0 Å². The summed E-state index contributed by atoms with van der Waals surface area (Å²) in [4.78, 5) is 3.94. The third-order valence-corrected chi connectivity index (χ3v) is 1.74. The van der Waals surface area contributed by atoms with Gasteiger partial charge >= 0.3 is 0 Å². The highest BCUT2D eigenvalue weighted by atomic mass is 32.1. The Labute approximate surface area is 88.9 Å². The molecule has 72 valence electrons. The van der Waals surface area contributed by atoms with E-state index < -0.39 is 0 Å². The van der Waals surface area contributed by atoms with Gasteiger partial charge in [-0.2, -0.15) is 4.99 Å². The van der Waals surface area contributed by atoms with Crippen LogP contribution in [0, 0.1) is 0 Å². The molecule has 0 saturated carbocycles. The molecule has 0 unspecified atom stereocenters. The predicted octanol–water partition coefficient (Wildman–Crippen LogP) is 3.12. The maximum absolute atomic E-state index is 5.32. The molecule has 0 amide bonds. The topological polar surface area (TPSA) is 21.6 Å². The van der Waals surface area contributed by atoms with Gasteiger partial charge < -0.3 is 4.74 Å². The average molecular weight is 205 g/mol. The molecule has 0 N–H and O–H groups in total. The first kappa shape index (κ1) is 10.8. The summed E-state index contributed by atoms with van der Waals surface area (Å²) in [6.07, 6.45) is 1.71. The van der Waals surface area contributed by atoms with Gasteiger partial charge in [0.1, 0.15) is 0 Å². The van der Waals surface area contributed by atoms with Crippen LogP contribution in [0.5, 0.6) is 0 Å². The summed E-state index contributed by atoms with van der Waals surface area (Å²) in [6.45, 7) is 4.63. The van der Waals surface area contributed by atoms with Crippen molar-refractivity contribution in [2.75, 3.05) is 6.61 Å². The predicted molar refractivity (Wildman–Crippen MR) is 61.0 cm³/mol. The Hall–Kier alpha value is -1.28. The summed E-state index contributed by atoms with van der Waals surface area (Å²) in [6, 6.07) is 7.68. The van der Waals surface area contributed by atoms with E-state index in [1.54, 1.807) is 6.08 Å². The van der Waals surface area contributed by atoms with Crippen molar-refractivity contribution < 1.29 is 4.74 Å². The lowest BCUT2D eigenvalue weighted by Crippen LogP contribution is -1.92. The van der Waals surface area contributed by atoms with Crippen molar-refractivity contribution in [2.24, 2.45) is 4.99 Å². The third-order valence-electron chi connectivity index (χ3n) is 1.65. The van der Waals surface area contributed by atoms with Crippen molar-refractivity contribution in [2.45, 2.75) is 6.61 Å². The summed E-state index contributed by atoms with van der Waals surface area (Å²) < 4.78 is 5.32. The molecule has 14 heavy (non-hydrogen) atoms. The number of ether oxygens (including phenoxy) is 1. The highest BCUT2D eigenvalue weighted by Crippen LogP contribution is 2.18. The maximum Gasteiger partial charge on any atom is 0.0794 e. The van der Waals surface area contributed by atoms with Gasteiger partial charge in [0.15, 0.2) is 0 Å². The highest BCUT2D eigenvalue weighted by molar-refractivity contribution is 7.78. The van der Waals surface area contributed by atoms with Gasteiger partial charge in [-0.15, -0.1) is 6.58 Å². The Balaban J connectivity index is 2.73. The first-order valence-electron chi connectivity index (χ1n) is 4.23. The Morgan fingerprint density at radius 2 is 2.29 bits per heavy atom. The van der Waals surface area contributed by atoms with Gasteiger partial charge in [0, 0.05) is 5.56 Å². The van der Waals surface area contributed by atoms with Gasteiger partial charge in [-0.3, -0.25) is 0 Å². The number of nitrogens with zero attached hydrogens (tertiary/aromatic N) is 1. The second-order valence-electron chi connectivity index (χ2n) is 2.64. The zero-order valence-electron chi connectivity index (χ0n) is 7.77. The lowest BCUT2D eigenvalue weighted by Gasteiger charge is -2.03. The summed E-state index contributed by atoms with van der Waals surface area (Å²) in [5.41, 5.74) is 1.82. The van der Waals surface area contributed by atoms with Crippen molar-refractivity contribution in [3.63, 3.8) is 0 Å². The molecule has 3 heteroatoms. The smallest absolute Gasteiger partial charge is 0.0794 e. The molecule has 0 radical (unpaired) electrons. The van der Waals surface area contributed by atoms with Crippen molar-refractivity contribution >= 4 is 23.1 Å². The van der Waals surface area contributed by atoms with Gasteiger partial charge in [-0.25, -0.2) is 0 Å². The average Bonchev–Trinajstić information content (AvgIpc) is 2.21. The Kier molecular flexibility index (Phi) is 4.79. The number of hydrogen-bond donors (Lipinski definition) is 0. The van der Waals surface area contributed by atoms with Gasteiger partial charge in [0.2, 0.25) is 0 Å². The van der Waals surface area contributed by atoms with Crippen LogP contribution in [0.2, 0.25) is 0 Å². The van der Waals surface area contributed by atoms with Crippen LogP contribution in [-0.2, 0) is 11.3 Å². The van der Waals surface area contributed by atoms with Gasteiger partial charge in [0.25, 0.3) is 0 Å². The zero-order valence-corrected chi connectivity index (χ0v) is 8.59. The molecule has 2 nitrogen and oxygen atoms in total. The van der Waals surface area contributed by atoms with E-state index >= 15 is 0 Å². The molecule has 1 aromatic rings. The lowest BCUT2D eigenvalue weighted by molar-refractivity contribution is 0.149. The Morgan fingerprint density at radius 1 is 1.50 bits per heavy atom. The second-order valence-corrected chi connectivity index (χ2v) is 2.82. The van der Waals surface area contributed by atoms with Crippen molar-refractivity contribution in [1.29, 1.82) is 0 Å². The normalized spacial score (nSPS) is 9.14. The number of rotatable bonds is 5. The van der Waals surface area contributed by atoms with E-state index in [2.05, 4.69) is 29.0 Å². The molecule has 1 rings (SSSR count). The highest BCUT2D eigenvalue weighted by Gasteiger charge is 1.98. The molecule has 1 aromatic carbocycles. The number of aliphatic imine (C=N–C) groups is 1. The number of isothiocyanates is 1. The SMILES string of the molecule is C=CCOCc1ccccc1N=C=S. The van der Waals surface area contributed by atoms with Crippen LogP contribution in [-0.4, -0.2) is 11.8 Å². The second kappa shape index (κ2) is 6.22. The Morgan fingerprint density at radius 3 is 3.00 bits per heavy atom. The molecule has 0 fully saturated rings. The van der Waals surface area contributed by atoms with Crippen LogP contribution >= 0.6 is 12.2 Å². The van der Waals surface area contributed by atoms with E-state index in [-0.39, 0.29) is 0 Å². The first-order chi connectivity index (χ1) is 6.88. The fraction of sp³-hybridized carbons (Fsp3) is 0.182. The zero-order chi connectivity index (χ0) is 10.2. The minimum Gasteiger partial charge on any atom is -0.373 e. The summed E-state index contributed by atoms with van der Waals surface area (Å²) in [7, 11) is 0.